The third-order valence-corrected chi connectivity index (χ3v) is 1.09. The molecule has 0 spiro atoms. The molecule has 0 bridgehead atoms. The summed E-state index contributed by atoms with van der Waals surface area (Å²) in [5, 5.41) is 38.5. The summed E-state index contributed by atoms with van der Waals surface area (Å²) in [7, 11) is 0. The van der Waals surface area contributed by atoms with E-state index in [-0.39, 0.29) is 24.4 Å². The smallest absolute Gasteiger partial charge is 0.330 e. The van der Waals surface area contributed by atoms with E-state index < -0.39 is 11.9 Å². The Balaban J connectivity index is -0.0000000637. The Kier molecular flexibility index (Phi) is 44.0. The predicted octanol–water partition coefficient (Wildman–Crippen LogP) is 2.32. The lowest BCUT2D eigenvalue weighted by atomic mass is 10.4. The lowest BCUT2D eigenvalue weighted by Gasteiger charge is -1.79. The first-order chi connectivity index (χ1) is 11.0. The highest BCUT2D eigenvalue weighted by atomic mass is 16.4. The molecule has 0 fully saturated rings. The summed E-state index contributed by atoms with van der Waals surface area (Å²) in [5.74, 6) is -1.87. The van der Waals surface area contributed by atoms with Crippen LogP contribution in [0.2, 0.25) is 0 Å². The second-order valence-electron chi connectivity index (χ2n) is 3.42. The normalized spacial score (nSPS) is 6.46. The van der Waals surface area contributed by atoms with E-state index in [1.54, 1.807) is 18.2 Å². The minimum atomic E-state index is -0.935. The van der Waals surface area contributed by atoms with E-state index in [0.29, 0.717) is 0 Å². The van der Waals surface area contributed by atoms with Crippen molar-refractivity contribution >= 4 is 11.9 Å². The van der Waals surface area contributed by atoms with Crippen LogP contribution in [0.3, 0.4) is 0 Å². The van der Waals surface area contributed by atoms with Crippen molar-refractivity contribution in [1.29, 1.82) is 5.26 Å². The molecule has 0 saturated heterocycles. The highest BCUT2D eigenvalue weighted by molar-refractivity contribution is 5.85. The van der Waals surface area contributed by atoms with Gasteiger partial charge in [0.2, 0.25) is 0 Å². The molecule has 0 unspecified atom stereocenters. The van der Waals surface area contributed by atoms with E-state index in [0.717, 1.165) is 0 Å². The second-order valence-corrected chi connectivity index (χ2v) is 3.42. The van der Waals surface area contributed by atoms with Crippen molar-refractivity contribution in [3.8, 4) is 6.07 Å². The largest absolute Gasteiger partial charge is 0.478 e. The number of carboxylic acid groups (broad SMARTS) is 2. The Morgan fingerprint density at radius 1 is 0.917 bits per heavy atom. The van der Waals surface area contributed by atoms with Gasteiger partial charge in [0.25, 0.3) is 0 Å². The first-order valence-electron chi connectivity index (χ1n) is 6.27. The third kappa shape index (κ3) is 95.8. The van der Waals surface area contributed by atoms with Gasteiger partial charge < -0.3 is 20.4 Å². The van der Waals surface area contributed by atoms with Gasteiger partial charge in [-0.1, -0.05) is 45.0 Å². The van der Waals surface area contributed by atoms with E-state index in [4.69, 9.17) is 25.7 Å². The van der Waals surface area contributed by atoms with Gasteiger partial charge in [-0.2, -0.15) is 5.26 Å². The van der Waals surface area contributed by atoms with Crippen LogP contribution in [0.5, 0.6) is 0 Å². The van der Waals surface area contributed by atoms with Crippen molar-refractivity contribution < 1.29 is 30.0 Å². The monoisotopic (exact) mass is 341 g/mol. The Hall–Kier alpha value is -2.95. The lowest BCUT2D eigenvalue weighted by molar-refractivity contribution is -0.133. The molecule has 4 N–H and O–H groups in total. The summed E-state index contributed by atoms with van der Waals surface area (Å²) < 4.78 is 0. The van der Waals surface area contributed by atoms with Crippen LogP contribution in [0.15, 0.2) is 62.3 Å². The van der Waals surface area contributed by atoms with Gasteiger partial charge in [0.05, 0.1) is 19.3 Å². The van der Waals surface area contributed by atoms with Gasteiger partial charge in [-0.15, -0.1) is 0 Å². The van der Waals surface area contributed by atoms with Crippen LogP contribution in [0.4, 0.5) is 0 Å². The van der Waals surface area contributed by atoms with Gasteiger partial charge >= 0.3 is 11.9 Å². The standard InChI is InChI=1S/2C4H6O2.C4H6.C3H3N.C2H6O2/c2*1-3(2)4(5)6;1-3-4-2;1-2-3-4;3-1-2-4/h2*1H2,2H3,(H,5,6);3-4H,1-2H2;2H,1H2;3-4H,1-2H2. The third-order valence-electron chi connectivity index (χ3n) is 1.09. The van der Waals surface area contributed by atoms with Gasteiger partial charge in [0.1, 0.15) is 0 Å². The van der Waals surface area contributed by atoms with Crippen LogP contribution < -0.4 is 0 Å². The van der Waals surface area contributed by atoms with Crippen molar-refractivity contribution in [3.05, 3.63) is 62.3 Å². The quantitative estimate of drug-likeness (QED) is 0.349. The number of aliphatic hydroxyl groups is 2. The topological polar surface area (TPSA) is 139 Å². The average molecular weight is 341 g/mol. The zero-order valence-electron chi connectivity index (χ0n) is 14.2. The van der Waals surface area contributed by atoms with Crippen LogP contribution in [0.1, 0.15) is 13.8 Å². The molecule has 0 atom stereocenters. The Labute approximate surface area is 143 Å². The number of carboxylic acids is 2. The van der Waals surface area contributed by atoms with E-state index in [2.05, 4.69) is 32.9 Å². The molecular formula is C17H27NO6. The van der Waals surface area contributed by atoms with E-state index in [1.165, 1.54) is 19.9 Å². The molecule has 7 heteroatoms. The number of nitriles is 1. The highest BCUT2D eigenvalue weighted by Crippen LogP contribution is 1.81. The Morgan fingerprint density at radius 3 is 1.08 bits per heavy atom. The number of hydrogen-bond donors (Lipinski definition) is 4. The fourth-order valence-corrected chi connectivity index (χ4v) is 0. The Bertz CT molecular complexity index is 377. The van der Waals surface area contributed by atoms with E-state index in [9.17, 15) is 9.59 Å². The molecule has 0 heterocycles. The summed E-state index contributed by atoms with van der Waals surface area (Å²) in [6, 6.07) is 1.69. The fraction of sp³-hybridized carbons (Fsp3) is 0.235. The summed E-state index contributed by atoms with van der Waals surface area (Å²) in [4.78, 5) is 19.2. The van der Waals surface area contributed by atoms with Crippen molar-refractivity contribution in [3.63, 3.8) is 0 Å². The number of nitrogens with zero attached hydrogens (tertiary/aromatic N) is 1. The van der Waals surface area contributed by atoms with Crippen molar-refractivity contribution in [1.82, 2.24) is 0 Å². The maximum absolute atomic E-state index is 9.60. The molecule has 0 radical (unpaired) electrons. The lowest BCUT2D eigenvalue weighted by Crippen LogP contribution is -1.92. The summed E-state index contributed by atoms with van der Waals surface area (Å²) in [6.07, 6.45) is 4.46. The molecule has 0 aromatic heterocycles. The number of carbonyl (C=O) groups is 2. The summed E-state index contributed by atoms with van der Waals surface area (Å²) in [5.41, 5.74) is 0.352. The molecule has 136 valence electrons. The molecule has 0 rings (SSSR count). The number of aliphatic carboxylic acids is 2. The first kappa shape index (κ1) is 32.8. The van der Waals surface area contributed by atoms with Crippen LogP contribution in [-0.2, 0) is 9.59 Å². The molecule has 0 aliphatic heterocycles. The zero-order valence-corrected chi connectivity index (χ0v) is 14.2. The van der Waals surface area contributed by atoms with E-state index >= 15 is 0 Å². The van der Waals surface area contributed by atoms with Crippen LogP contribution in [0.25, 0.3) is 0 Å². The molecule has 0 aliphatic rings. The fourth-order valence-electron chi connectivity index (χ4n) is 0. The zero-order chi connectivity index (χ0) is 20.6. The van der Waals surface area contributed by atoms with Crippen LogP contribution in [0, 0.1) is 11.3 Å². The summed E-state index contributed by atoms with van der Waals surface area (Å²) in [6.45, 7) is 18.8. The number of allylic oxidation sites excluding steroid dienone is 3. The molecule has 0 aromatic carbocycles. The van der Waals surface area contributed by atoms with Crippen LogP contribution >= 0.6 is 0 Å². The molecular weight excluding hydrogens is 314 g/mol. The molecule has 0 saturated carbocycles. The van der Waals surface area contributed by atoms with Crippen molar-refractivity contribution in [2.45, 2.75) is 13.8 Å². The summed E-state index contributed by atoms with van der Waals surface area (Å²) >= 11 is 0. The first-order valence-corrected chi connectivity index (χ1v) is 6.27. The molecule has 0 aromatic rings. The average Bonchev–Trinajstić information content (AvgIpc) is 2.55. The van der Waals surface area contributed by atoms with Gasteiger partial charge in [-0.3, -0.25) is 0 Å². The maximum atomic E-state index is 9.60. The SMILES string of the molecule is C=C(C)C(=O)O.C=C(C)C(=O)O.C=CC#N.C=CC=C.OCCO. The maximum Gasteiger partial charge on any atom is 0.330 e. The van der Waals surface area contributed by atoms with Crippen LogP contribution in [-0.4, -0.2) is 45.6 Å². The Morgan fingerprint density at radius 2 is 1.08 bits per heavy atom. The van der Waals surface area contributed by atoms with Gasteiger partial charge in [-0.05, 0) is 13.8 Å². The van der Waals surface area contributed by atoms with Gasteiger partial charge in [0.15, 0.2) is 0 Å². The van der Waals surface area contributed by atoms with Crippen molar-refractivity contribution in [2.24, 2.45) is 0 Å². The number of rotatable bonds is 4. The minimum absolute atomic E-state index is 0.125. The minimum Gasteiger partial charge on any atom is -0.478 e. The second kappa shape index (κ2) is 32.1. The van der Waals surface area contributed by atoms with Gasteiger partial charge in [0, 0.05) is 17.2 Å². The highest BCUT2D eigenvalue weighted by Gasteiger charge is 1.90. The van der Waals surface area contributed by atoms with Gasteiger partial charge in [-0.25, -0.2) is 9.59 Å². The molecule has 0 aliphatic carbocycles. The number of hydrogen-bond acceptors (Lipinski definition) is 5. The molecule has 0 amide bonds. The van der Waals surface area contributed by atoms with E-state index in [1.807, 2.05) is 0 Å². The number of aliphatic hydroxyl groups excluding tert-OH is 2. The predicted molar refractivity (Wildman–Crippen MR) is 95.3 cm³/mol. The molecule has 7 nitrogen and oxygen atoms in total. The molecule has 24 heavy (non-hydrogen) atoms. The van der Waals surface area contributed by atoms with Crippen molar-refractivity contribution in [2.75, 3.05) is 13.2 Å².